The Morgan fingerprint density at radius 3 is 2.59 bits per heavy atom. The van der Waals surface area contributed by atoms with E-state index in [-0.39, 0.29) is 6.61 Å². The van der Waals surface area contributed by atoms with Gasteiger partial charge in [-0.25, -0.2) is 0 Å². The van der Waals surface area contributed by atoms with Crippen molar-refractivity contribution in [3.8, 4) is 5.75 Å². The fourth-order valence-corrected chi connectivity index (χ4v) is 4.02. The number of piperazine rings is 1. The van der Waals surface area contributed by atoms with Crippen molar-refractivity contribution in [2.45, 2.75) is 25.3 Å². The zero-order valence-corrected chi connectivity index (χ0v) is 17.5. The van der Waals surface area contributed by atoms with Gasteiger partial charge in [0.25, 0.3) is 0 Å². The lowest BCUT2D eigenvalue weighted by Gasteiger charge is -2.41. The summed E-state index contributed by atoms with van der Waals surface area (Å²) in [4.78, 5) is 5.07. The molecule has 3 rings (SSSR count). The Kier molecular flexibility index (Phi) is 8.75. The van der Waals surface area contributed by atoms with E-state index in [2.05, 4.69) is 64.4 Å². The molecule has 0 bridgehead atoms. The SMILES string of the molecule is COc1ccc(/C=C/CN2CCN(CCCc3ccccc3)[C@H](CCO)C2)cc1. The average molecular weight is 395 g/mol. The molecule has 0 aliphatic carbocycles. The maximum Gasteiger partial charge on any atom is 0.118 e. The predicted octanol–water partition coefficient (Wildman–Crippen LogP) is 3.71. The minimum atomic E-state index is 0.259. The van der Waals surface area contributed by atoms with Gasteiger partial charge in [0.05, 0.1) is 7.11 Å². The number of aryl methyl sites for hydroxylation is 1. The monoisotopic (exact) mass is 394 g/mol. The van der Waals surface area contributed by atoms with E-state index in [0.717, 1.165) is 51.3 Å². The summed E-state index contributed by atoms with van der Waals surface area (Å²) < 4.78 is 5.21. The molecule has 156 valence electrons. The van der Waals surface area contributed by atoms with Crippen LogP contribution in [0.1, 0.15) is 24.0 Å². The third-order valence-corrected chi connectivity index (χ3v) is 5.69. The third-order valence-electron chi connectivity index (χ3n) is 5.69. The highest BCUT2D eigenvalue weighted by Gasteiger charge is 2.25. The molecule has 4 heteroatoms. The fraction of sp³-hybridized carbons (Fsp3) is 0.440. The van der Waals surface area contributed by atoms with Crippen molar-refractivity contribution in [1.82, 2.24) is 9.80 Å². The molecule has 0 aromatic heterocycles. The van der Waals surface area contributed by atoms with Gasteiger partial charge in [0.1, 0.15) is 5.75 Å². The van der Waals surface area contributed by atoms with Crippen LogP contribution in [0.5, 0.6) is 5.75 Å². The molecule has 0 unspecified atom stereocenters. The summed E-state index contributed by atoms with van der Waals surface area (Å²) in [6, 6.07) is 19.3. The van der Waals surface area contributed by atoms with Gasteiger partial charge in [-0.15, -0.1) is 0 Å². The molecular formula is C25H34N2O2. The molecule has 1 aliphatic rings. The first-order valence-electron chi connectivity index (χ1n) is 10.7. The van der Waals surface area contributed by atoms with Gasteiger partial charge in [-0.05, 0) is 49.1 Å². The minimum absolute atomic E-state index is 0.259. The molecule has 1 aliphatic heterocycles. The van der Waals surface area contributed by atoms with E-state index in [1.165, 1.54) is 17.5 Å². The summed E-state index contributed by atoms with van der Waals surface area (Å²) in [6.45, 7) is 5.51. The number of nitrogens with zero attached hydrogens (tertiary/aromatic N) is 2. The third kappa shape index (κ3) is 7.00. The van der Waals surface area contributed by atoms with E-state index in [0.29, 0.717) is 6.04 Å². The van der Waals surface area contributed by atoms with Crippen LogP contribution in [0.4, 0.5) is 0 Å². The predicted molar refractivity (Wildman–Crippen MR) is 120 cm³/mol. The number of hydrogen-bond acceptors (Lipinski definition) is 4. The Labute approximate surface area is 175 Å². The smallest absolute Gasteiger partial charge is 0.118 e. The highest BCUT2D eigenvalue weighted by atomic mass is 16.5. The van der Waals surface area contributed by atoms with E-state index in [4.69, 9.17) is 4.74 Å². The summed E-state index contributed by atoms with van der Waals surface area (Å²) in [5.74, 6) is 0.886. The van der Waals surface area contributed by atoms with Crippen molar-refractivity contribution in [2.75, 3.05) is 46.4 Å². The summed E-state index contributed by atoms with van der Waals surface area (Å²) >= 11 is 0. The van der Waals surface area contributed by atoms with Crippen LogP contribution >= 0.6 is 0 Å². The first-order chi connectivity index (χ1) is 14.3. The lowest BCUT2D eigenvalue weighted by Crippen LogP contribution is -2.53. The van der Waals surface area contributed by atoms with Crippen LogP contribution in [-0.2, 0) is 6.42 Å². The molecule has 1 N–H and O–H groups in total. The number of benzene rings is 2. The molecule has 1 saturated heterocycles. The van der Waals surface area contributed by atoms with Crippen LogP contribution < -0.4 is 4.74 Å². The van der Waals surface area contributed by atoms with Crippen molar-refractivity contribution in [2.24, 2.45) is 0 Å². The number of ether oxygens (including phenoxy) is 1. The number of rotatable bonds is 10. The van der Waals surface area contributed by atoms with Crippen molar-refractivity contribution < 1.29 is 9.84 Å². The molecule has 1 heterocycles. The normalized spacial score (nSPS) is 18.3. The molecule has 0 amide bonds. The Morgan fingerprint density at radius 1 is 1.07 bits per heavy atom. The Hall–Kier alpha value is -2.14. The quantitative estimate of drug-likeness (QED) is 0.666. The Morgan fingerprint density at radius 2 is 1.86 bits per heavy atom. The van der Waals surface area contributed by atoms with Gasteiger partial charge in [-0.1, -0.05) is 54.6 Å². The fourth-order valence-electron chi connectivity index (χ4n) is 4.02. The molecule has 2 aromatic rings. The molecule has 1 fully saturated rings. The van der Waals surface area contributed by atoms with Crippen LogP contribution in [0.15, 0.2) is 60.7 Å². The van der Waals surface area contributed by atoms with E-state index < -0.39 is 0 Å². The standard InChI is InChI=1S/C25H34N2O2/c1-29-25-13-11-23(12-14-25)9-5-16-26-18-19-27(24(21-26)15-20-28)17-6-10-22-7-3-2-4-8-22/h2-5,7-9,11-14,24,28H,6,10,15-21H2,1H3/b9-5+/t24-/m1/s1. The molecule has 2 aromatic carbocycles. The van der Waals surface area contributed by atoms with Crippen molar-refractivity contribution >= 4 is 6.08 Å². The highest BCUT2D eigenvalue weighted by Crippen LogP contribution is 2.16. The van der Waals surface area contributed by atoms with Crippen LogP contribution in [0.25, 0.3) is 6.08 Å². The lowest BCUT2D eigenvalue weighted by molar-refractivity contribution is 0.0646. The van der Waals surface area contributed by atoms with Gasteiger partial charge in [0, 0.05) is 38.8 Å². The van der Waals surface area contributed by atoms with E-state index in [1.807, 2.05) is 12.1 Å². The minimum Gasteiger partial charge on any atom is -0.497 e. The highest BCUT2D eigenvalue weighted by molar-refractivity contribution is 5.50. The van der Waals surface area contributed by atoms with Gasteiger partial charge >= 0.3 is 0 Å². The number of aliphatic hydroxyl groups is 1. The van der Waals surface area contributed by atoms with Crippen molar-refractivity contribution in [3.05, 3.63) is 71.8 Å². The zero-order chi connectivity index (χ0) is 20.3. The Bertz CT molecular complexity index is 730. The second-order valence-corrected chi connectivity index (χ2v) is 7.73. The topological polar surface area (TPSA) is 35.9 Å². The number of aliphatic hydroxyl groups excluding tert-OH is 1. The largest absolute Gasteiger partial charge is 0.497 e. The van der Waals surface area contributed by atoms with Crippen LogP contribution in [0, 0.1) is 0 Å². The second kappa shape index (κ2) is 11.8. The van der Waals surface area contributed by atoms with Crippen LogP contribution in [0.3, 0.4) is 0 Å². The van der Waals surface area contributed by atoms with Crippen LogP contribution in [0.2, 0.25) is 0 Å². The maximum absolute atomic E-state index is 9.52. The summed E-state index contributed by atoms with van der Waals surface area (Å²) in [5, 5.41) is 9.52. The summed E-state index contributed by atoms with van der Waals surface area (Å²) in [5.41, 5.74) is 2.60. The molecule has 4 nitrogen and oxygen atoms in total. The number of methoxy groups -OCH3 is 1. The summed E-state index contributed by atoms with van der Waals surface area (Å²) in [7, 11) is 1.69. The van der Waals surface area contributed by atoms with E-state index in [1.54, 1.807) is 7.11 Å². The van der Waals surface area contributed by atoms with E-state index >= 15 is 0 Å². The van der Waals surface area contributed by atoms with Crippen molar-refractivity contribution in [1.29, 1.82) is 0 Å². The van der Waals surface area contributed by atoms with E-state index in [9.17, 15) is 5.11 Å². The second-order valence-electron chi connectivity index (χ2n) is 7.73. The van der Waals surface area contributed by atoms with Gasteiger partial charge in [0.2, 0.25) is 0 Å². The first kappa shape index (κ1) is 21.6. The molecule has 29 heavy (non-hydrogen) atoms. The maximum atomic E-state index is 9.52. The molecule has 1 atom stereocenters. The van der Waals surface area contributed by atoms with Crippen LogP contribution in [-0.4, -0.2) is 67.4 Å². The molecule has 0 radical (unpaired) electrons. The van der Waals surface area contributed by atoms with Gasteiger partial charge in [-0.3, -0.25) is 9.80 Å². The lowest BCUT2D eigenvalue weighted by atomic mass is 10.1. The zero-order valence-electron chi connectivity index (χ0n) is 17.5. The number of hydrogen-bond donors (Lipinski definition) is 1. The molecule has 0 spiro atoms. The van der Waals surface area contributed by atoms with Gasteiger partial charge in [0.15, 0.2) is 0 Å². The van der Waals surface area contributed by atoms with Gasteiger partial charge in [-0.2, -0.15) is 0 Å². The molecular weight excluding hydrogens is 360 g/mol. The molecule has 0 saturated carbocycles. The average Bonchev–Trinajstić information content (AvgIpc) is 2.76. The van der Waals surface area contributed by atoms with Crippen molar-refractivity contribution in [3.63, 3.8) is 0 Å². The van der Waals surface area contributed by atoms with Gasteiger partial charge < -0.3 is 9.84 Å². The first-order valence-corrected chi connectivity index (χ1v) is 10.7. The Balaban J connectivity index is 1.45. The summed E-state index contributed by atoms with van der Waals surface area (Å²) in [6.07, 6.45) is 7.56.